The van der Waals surface area contributed by atoms with Crippen molar-refractivity contribution in [2.45, 2.75) is 45.4 Å². The Morgan fingerprint density at radius 1 is 1.24 bits per heavy atom. The largest absolute Gasteiger partial charge is 0.348 e. The fourth-order valence-electron chi connectivity index (χ4n) is 2.23. The summed E-state index contributed by atoms with van der Waals surface area (Å²) in [7, 11) is 0. The molecule has 0 unspecified atom stereocenters. The molecule has 2 rings (SSSR count). The van der Waals surface area contributed by atoms with Crippen molar-refractivity contribution in [2.24, 2.45) is 0 Å². The molecule has 0 radical (unpaired) electrons. The van der Waals surface area contributed by atoms with Gasteiger partial charge in [0, 0.05) is 13.1 Å². The number of carbonyl (C=O) groups is 1. The van der Waals surface area contributed by atoms with Gasteiger partial charge in [0.15, 0.2) is 11.4 Å². The highest BCUT2D eigenvalue weighted by Gasteiger charge is 2.18. The van der Waals surface area contributed by atoms with Crippen molar-refractivity contribution in [3.8, 4) is 0 Å². The highest BCUT2D eigenvalue weighted by molar-refractivity contribution is 7.17. The molecule has 17 heavy (non-hydrogen) atoms. The third-order valence-electron chi connectivity index (χ3n) is 3.20. The molecule has 0 saturated carbocycles. The number of thiazole rings is 1. The summed E-state index contributed by atoms with van der Waals surface area (Å²) in [5.41, 5.74) is 0.962. The zero-order valence-corrected chi connectivity index (χ0v) is 11.4. The minimum absolute atomic E-state index is 0.326. The Morgan fingerprint density at radius 3 is 2.35 bits per heavy atom. The van der Waals surface area contributed by atoms with Gasteiger partial charge in [0.05, 0.1) is 10.6 Å². The average Bonchev–Trinajstić information content (AvgIpc) is 2.57. The van der Waals surface area contributed by atoms with Gasteiger partial charge in [0.2, 0.25) is 0 Å². The van der Waals surface area contributed by atoms with E-state index < -0.39 is 0 Å². The summed E-state index contributed by atoms with van der Waals surface area (Å²) in [6, 6.07) is 0. The summed E-state index contributed by atoms with van der Waals surface area (Å²) in [6.45, 7) is 6.36. The molecule has 1 saturated heterocycles. The summed E-state index contributed by atoms with van der Waals surface area (Å²) in [5, 5.41) is 1.04. The number of hydrogen-bond acceptors (Lipinski definition) is 4. The highest BCUT2D eigenvalue weighted by atomic mass is 32.1. The van der Waals surface area contributed by atoms with Gasteiger partial charge in [-0.25, -0.2) is 4.98 Å². The molecule has 1 aromatic rings. The third-order valence-corrected chi connectivity index (χ3v) is 4.26. The first-order valence-corrected chi connectivity index (χ1v) is 7.25. The van der Waals surface area contributed by atoms with Gasteiger partial charge in [-0.05, 0) is 18.8 Å². The van der Waals surface area contributed by atoms with Gasteiger partial charge in [-0.15, -0.1) is 0 Å². The average molecular weight is 252 g/mol. The lowest BCUT2D eigenvalue weighted by Crippen LogP contribution is -2.23. The van der Waals surface area contributed by atoms with E-state index in [4.69, 9.17) is 0 Å². The van der Waals surface area contributed by atoms with Crippen molar-refractivity contribution in [1.82, 2.24) is 4.98 Å². The monoisotopic (exact) mass is 252 g/mol. The minimum Gasteiger partial charge on any atom is -0.348 e. The number of aromatic nitrogens is 1. The fourth-order valence-corrected chi connectivity index (χ4v) is 3.31. The second kappa shape index (κ2) is 5.63. The Hall–Kier alpha value is -0.900. The van der Waals surface area contributed by atoms with Crippen LogP contribution in [0.5, 0.6) is 0 Å². The van der Waals surface area contributed by atoms with Crippen molar-refractivity contribution in [2.75, 3.05) is 18.0 Å². The molecular formula is C13H20N2OS. The third kappa shape index (κ3) is 2.86. The van der Waals surface area contributed by atoms with Crippen LogP contribution in [-0.2, 0) is 0 Å². The maximum Gasteiger partial charge on any atom is 0.186 e. The lowest BCUT2D eigenvalue weighted by atomic mass is 10.1. The zero-order chi connectivity index (χ0) is 12.3. The molecular weight excluding hydrogens is 232 g/mol. The van der Waals surface area contributed by atoms with Crippen LogP contribution < -0.4 is 4.90 Å². The van der Waals surface area contributed by atoms with E-state index in [9.17, 15) is 4.79 Å². The Bertz CT molecular complexity index is 379. The van der Waals surface area contributed by atoms with Gasteiger partial charge < -0.3 is 4.90 Å². The van der Waals surface area contributed by atoms with Crippen molar-refractivity contribution in [1.29, 1.82) is 0 Å². The van der Waals surface area contributed by atoms with E-state index in [-0.39, 0.29) is 0 Å². The van der Waals surface area contributed by atoms with Crippen molar-refractivity contribution >= 4 is 22.8 Å². The summed E-state index contributed by atoms with van der Waals surface area (Å²) < 4.78 is 0. The Balaban J connectivity index is 2.22. The number of nitrogens with zero attached hydrogens (tertiary/aromatic N) is 2. The van der Waals surface area contributed by atoms with E-state index in [1.54, 1.807) is 11.3 Å². The van der Waals surface area contributed by atoms with E-state index in [0.717, 1.165) is 35.1 Å². The van der Waals surface area contributed by atoms with Crippen LogP contribution in [0.4, 0.5) is 5.13 Å². The van der Waals surface area contributed by atoms with Gasteiger partial charge in [-0.3, -0.25) is 4.79 Å². The molecule has 1 aliphatic rings. The van der Waals surface area contributed by atoms with Gasteiger partial charge in [-0.1, -0.05) is 38.0 Å². The molecule has 0 amide bonds. The smallest absolute Gasteiger partial charge is 0.186 e. The molecule has 0 bridgehead atoms. The molecule has 0 atom stereocenters. The summed E-state index contributed by atoms with van der Waals surface area (Å²) in [6.07, 6.45) is 6.08. The second-order valence-electron chi connectivity index (χ2n) is 4.92. The Morgan fingerprint density at radius 2 is 1.88 bits per heavy atom. The van der Waals surface area contributed by atoms with E-state index in [1.807, 2.05) is 0 Å². The van der Waals surface area contributed by atoms with E-state index in [1.165, 1.54) is 25.7 Å². The fraction of sp³-hybridized carbons (Fsp3) is 0.692. The standard InChI is InChI=1S/C13H20N2OS/c1-10(2)12-11(9-16)17-13(14-12)15-7-5-3-4-6-8-15/h9-10H,3-8H2,1-2H3. The molecule has 1 aromatic heterocycles. The predicted molar refractivity (Wildman–Crippen MR) is 72.3 cm³/mol. The van der Waals surface area contributed by atoms with Crippen molar-refractivity contribution in [3.63, 3.8) is 0 Å². The van der Waals surface area contributed by atoms with Gasteiger partial charge in [0.1, 0.15) is 0 Å². The summed E-state index contributed by atoms with van der Waals surface area (Å²) in [4.78, 5) is 18.9. The van der Waals surface area contributed by atoms with Crippen LogP contribution >= 0.6 is 11.3 Å². The normalized spacial score (nSPS) is 17.2. The van der Waals surface area contributed by atoms with Crippen LogP contribution in [0.2, 0.25) is 0 Å². The predicted octanol–water partition coefficient (Wildman–Crippen LogP) is 3.46. The van der Waals surface area contributed by atoms with Gasteiger partial charge in [-0.2, -0.15) is 0 Å². The number of hydrogen-bond donors (Lipinski definition) is 0. The first-order valence-electron chi connectivity index (χ1n) is 6.43. The number of rotatable bonds is 3. The van der Waals surface area contributed by atoms with Crippen LogP contribution in [0.1, 0.15) is 60.8 Å². The summed E-state index contributed by atoms with van der Waals surface area (Å²) >= 11 is 1.55. The Labute approximate surface area is 107 Å². The Kier molecular flexibility index (Phi) is 4.15. The molecule has 3 nitrogen and oxygen atoms in total. The van der Waals surface area contributed by atoms with Gasteiger partial charge in [0.25, 0.3) is 0 Å². The van der Waals surface area contributed by atoms with Crippen LogP contribution in [-0.4, -0.2) is 24.4 Å². The molecule has 0 aliphatic carbocycles. The second-order valence-corrected chi connectivity index (χ2v) is 5.93. The lowest BCUT2D eigenvalue weighted by molar-refractivity contribution is 0.112. The SMILES string of the molecule is CC(C)c1nc(N2CCCCCC2)sc1C=O. The number of carbonyl (C=O) groups excluding carboxylic acids is 1. The van der Waals surface area contributed by atoms with Gasteiger partial charge >= 0.3 is 0 Å². The van der Waals surface area contributed by atoms with Crippen molar-refractivity contribution < 1.29 is 4.79 Å². The molecule has 0 aromatic carbocycles. The molecule has 4 heteroatoms. The van der Waals surface area contributed by atoms with Crippen LogP contribution in [0, 0.1) is 0 Å². The van der Waals surface area contributed by atoms with E-state index >= 15 is 0 Å². The van der Waals surface area contributed by atoms with E-state index in [2.05, 4.69) is 23.7 Å². The number of anilines is 1. The quantitative estimate of drug-likeness (QED) is 0.772. The first-order chi connectivity index (χ1) is 8.22. The topological polar surface area (TPSA) is 33.2 Å². The maximum absolute atomic E-state index is 11.0. The first kappa shape index (κ1) is 12.6. The van der Waals surface area contributed by atoms with Crippen LogP contribution in [0.3, 0.4) is 0 Å². The van der Waals surface area contributed by atoms with Crippen LogP contribution in [0.15, 0.2) is 0 Å². The molecule has 1 fully saturated rings. The molecule has 2 heterocycles. The minimum atomic E-state index is 0.326. The lowest BCUT2D eigenvalue weighted by Gasteiger charge is -2.18. The summed E-state index contributed by atoms with van der Waals surface area (Å²) in [5.74, 6) is 0.326. The van der Waals surface area contributed by atoms with E-state index in [0.29, 0.717) is 5.92 Å². The zero-order valence-electron chi connectivity index (χ0n) is 10.6. The maximum atomic E-state index is 11.0. The molecule has 1 aliphatic heterocycles. The molecule has 0 spiro atoms. The molecule has 94 valence electrons. The van der Waals surface area contributed by atoms with Crippen LogP contribution in [0.25, 0.3) is 0 Å². The highest BCUT2D eigenvalue weighted by Crippen LogP contribution is 2.30. The number of aldehydes is 1. The molecule has 0 N–H and O–H groups in total. The van der Waals surface area contributed by atoms with Crippen molar-refractivity contribution in [3.05, 3.63) is 10.6 Å².